The van der Waals surface area contributed by atoms with Crippen LogP contribution < -0.4 is 10.5 Å². The molecule has 1 aromatic carbocycles. The molecule has 2 N–H and O–H groups in total. The normalized spacial score (nSPS) is 22.8. The molecule has 0 unspecified atom stereocenters. The van der Waals surface area contributed by atoms with Gasteiger partial charge in [-0.3, -0.25) is 4.79 Å². The quantitative estimate of drug-likeness (QED) is 0.827. The van der Waals surface area contributed by atoms with Crippen molar-refractivity contribution in [3.8, 4) is 5.75 Å². The molecule has 1 aliphatic rings. The van der Waals surface area contributed by atoms with E-state index in [0.29, 0.717) is 6.61 Å². The van der Waals surface area contributed by atoms with Gasteiger partial charge in [-0.25, -0.2) is 0 Å². The van der Waals surface area contributed by atoms with Crippen molar-refractivity contribution in [2.75, 3.05) is 7.11 Å². The molecule has 1 aromatic rings. The molecule has 0 bridgehead atoms. The summed E-state index contributed by atoms with van der Waals surface area (Å²) in [6.07, 6.45) is 2.51. The van der Waals surface area contributed by atoms with Crippen molar-refractivity contribution in [3.05, 3.63) is 29.8 Å². The second-order valence-corrected chi connectivity index (χ2v) is 4.73. The standard InChI is InChI=1S/C14H19NO3/c1-17-13-4-2-3-10(7-13)9-18-14(16)11-5-6-12(15)8-11/h2-4,7,11-12H,5-6,8-9,15H2,1H3/t11-,12+/m1/s1. The highest BCUT2D eigenvalue weighted by Crippen LogP contribution is 2.25. The molecule has 98 valence electrons. The summed E-state index contributed by atoms with van der Waals surface area (Å²) >= 11 is 0. The number of rotatable bonds is 4. The Labute approximate surface area is 107 Å². The number of methoxy groups -OCH3 is 1. The number of nitrogens with two attached hydrogens (primary N) is 1. The second-order valence-electron chi connectivity index (χ2n) is 4.73. The number of carbonyl (C=O) groups is 1. The summed E-state index contributed by atoms with van der Waals surface area (Å²) in [5.41, 5.74) is 6.72. The minimum atomic E-state index is -0.134. The lowest BCUT2D eigenvalue weighted by Crippen LogP contribution is -2.19. The lowest BCUT2D eigenvalue weighted by molar-refractivity contribution is -0.149. The number of hydrogen-bond acceptors (Lipinski definition) is 4. The minimum Gasteiger partial charge on any atom is -0.497 e. The van der Waals surface area contributed by atoms with Crippen LogP contribution in [0.4, 0.5) is 0 Å². The average molecular weight is 249 g/mol. The molecule has 0 saturated heterocycles. The zero-order valence-electron chi connectivity index (χ0n) is 10.6. The van der Waals surface area contributed by atoms with E-state index in [1.54, 1.807) is 7.11 Å². The molecular weight excluding hydrogens is 230 g/mol. The second kappa shape index (κ2) is 5.87. The summed E-state index contributed by atoms with van der Waals surface area (Å²) in [7, 11) is 1.62. The van der Waals surface area contributed by atoms with E-state index in [1.165, 1.54) is 0 Å². The fourth-order valence-corrected chi connectivity index (χ4v) is 2.27. The molecule has 2 atom stereocenters. The highest BCUT2D eigenvalue weighted by molar-refractivity contribution is 5.72. The monoisotopic (exact) mass is 249 g/mol. The highest BCUT2D eigenvalue weighted by Gasteiger charge is 2.28. The third kappa shape index (κ3) is 3.23. The zero-order valence-corrected chi connectivity index (χ0v) is 10.6. The lowest BCUT2D eigenvalue weighted by Gasteiger charge is -2.10. The van der Waals surface area contributed by atoms with Gasteiger partial charge in [0.05, 0.1) is 13.0 Å². The molecule has 0 radical (unpaired) electrons. The first-order valence-corrected chi connectivity index (χ1v) is 6.24. The summed E-state index contributed by atoms with van der Waals surface area (Å²) in [5, 5.41) is 0. The molecule has 2 rings (SSSR count). The van der Waals surface area contributed by atoms with Crippen LogP contribution in [0.5, 0.6) is 5.75 Å². The molecule has 18 heavy (non-hydrogen) atoms. The van der Waals surface area contributed by atoms with Gasteiger partial charge in [-0.05, 0) is 37.0 Å². The van der Waals surface area contributed by atoms with E-state index in [2.05, 4.69) is 0 Å². The summed E-state index contributed by atoms with van der Waals surface area (Å²) in [5.74, 6) is 0.614. The van der Waals surface area contributed by atoms with Gasteiger partial charge in [0.1, 0.15) is 12.4 Å². The SMILES string of the molecule is COc1cccc(COC(=O)[C@@H]2CC[C@H](N)C2)c1. The first-order chi connectivity index (χ1) is 8.69. The average Bonchev–Trinajstić information content (AvgIpc) is 2.83. The maximum atomic E-state index is 11.8. The van der Waals surface area contributed by atoms with Crippen LogP contribution in [0, 0.1) is 5.92 Å². The summed E-state index contributed by atoms with van der Waals surface area (Å²) in [4.78, 5) is 11.8. The molecule has 0 amide bonds. The molecule has 0 heterocycles. The van der Waals surface area contributed by atoms with Crippen LogP contribution in [0.2, 0.25) is 0 Å². The van der Waals surface area contributed by atoms with Crippen LogP contribution in [-0.2, 0) is 16.1 Å². The van der Waals surface area contributed by atoms with E-state index in [4.69, 9.17) is 15.2 Å². The smallest absolute Gasteiger partial charge is 0.309 e. The number of carbonyl (C=O) groups excluding carboxylic acids is 1. The summed E-state index contributed by atoms with van der Waals surface area (Å²) in [6.45, 7) is 0.293. The fraction of sp³-hybridized carbons (Fsp3) is 0.500. The molecule has 0 aromatic heterocycles. The van der Waals surface area contributed by atoms with E-state index in [0.717, 1.165) is 30.6 Å². The maximum absolute atomic E-state index is 11.8. The first-order valence-electron chi connectivity index (χ1n) is 6.24. The van der Waals surface area contributed by atoms with Crippen LogP contribution in [0.25, 0.3) is 0 Å². The van der Waals surface area contributed by atoms with Gasteiger partial charge >= 0.3 is 5.97 Å². The zero-order chi connectivity index (χ0) is 13.0. The molecule has 4 nitrogen and oxygen atoms in total. The molecular formula is C14H19NO3. The van der Waals surface area contributed by atoms with Crippen molar-refractivity contribution < 1.29 is 14.3 Å². The van der Waals surface area contributed by atoms with Gasteiger partial charge in [0.25, 0.3) is 0 Å². The Hall–Kier alpha value is -1.55. The van der Waals surface area contributed by atoms with Gasteiger partial charge in [0, 0.05) is 6.04 Å². The summed E-state index contributed by atoms with van der Waals surface area (Å²) in [6, 6.07) is 7.68. The van der Waals surface area contributed by atoms with Gasteiger partial charge in [0.2, 0.25) is 0 Å². The Bertz CT molecular complexity index is 419. The maximum Gasteiger partial charge on any atom is 0.309 e. The number of benzene rings is 1. The molecule has 1 aliphatic carbocycles. The van der Waals surface area contributed by atoms with Crippen molar-refractivity contribution in [1.29, 1.82) is 0 Å². The van der Waals surface area contributed by atoms with E-state index in [-0.39, 0.29) is 17.9 Å². The van der Waals surface area contributed by atoms with Crippen molar-refractivity contribution in [2.45, 2.75) is 31.9 Å². The third-order valence-corrected chi connectivity index (χ3v) is 3.32. The number of esters is 1. The van der Waals surface area contributed by atoms with Gasteiger partial charge in [-0.1, -0.05) is 12.1 Å². The third-order valence-electron chi connectivity index (χ3n) is 3.32. The molecule has 1 saturated carbocycles. The van der Waals surface area contributed by atoms with E-state index < -0.39 is 0 Å². The highest BCUT2D eigenvalue weighted by atomic mass is 16.5. The van der Waals surface area contributed by atoms with Gasteiger partial charge in [-0.2, -0.15) is 0 Å². The Morgan fingerprint density at radius 1 is 1.44 bits per heavy atom. The Morgan fingerprint density at radius 3 is 2.94 bits per heavy atom. The fourth-order valence-electron chi connectivity index (χ4n) is 2.27. The van der Waals surface area contributed by atoms with Crippen molar-refractivity contribution in [3.63, 3.8) is 0 Å². The van der Waals surface area contributed by atoms with E-state index >= 15 is 0 Å². The predicted octanol–water partition coefficient (Wildman–Crippen LogP) is 1.87. The molecule has 1 fully saturated rings. The summed E-state index contributed by atoms with van der Waals surface area (Å²) < 4.78 is 10.4. The Balaban J connectivity index is 1.85. The minimum absolute atomic E-state index is 0.0226. The van der Waals surface area contributed by atoms with Crippen LogP contribution in [0.3, 0.4) is 0 Å². The van der Waals surface area contributed by atoms with E-state index in [9.17, 15) is 4.79 Å². The molecule has 0 spiro atoms. The Morgan fingerprint density at radius 2 is 2.28 bits per heavy atom. The van der Waals surface area contributed by atoms with Gasteiger partial charge in [-0.15, -0.1) is 0 Å². The molecule has 4 heteroatoms. The molecule has 0 aliphatic heterocycles. The first kappa shape index (κ1) is 12.9. The lowest BCUT2D eigenvalue weighted by atomic mass is 10.1. The largest absolute Gasteiger partial charge is 0.497 e. The van der Waals surface area contributed by atoms with Crippen LogP contribution in [0.15, 0.2) is 24.3 Å². The van der Waals surface area contributed by atoms with Crippen molar-refractivity contribution in [1.82, 2.24) is 0 Å². The van der Waals surface area contributed by atoms with Crippen LogP contribution in [0.1, 0.15) is 24.8 Å². The predicted molar refractivity (Wildman–Crippen MR) is 68.1 cm³/mol. The van der Waals surface area contributed by atoms with Crippen molar-refractivity contribution >= 4 is 5.97 Å². The van der Waals surface area contributed by atoms with Crippen LogP contribution >= 0.6 is 0 Å². The number of ether oxygens (including phenoxy) is 2. The van der Waals surface area contributed by atoms with Crippen LogP contribution in [-0.4, -0.2) is 19.1 Å². The Kier molecular flexibility index (Phi) is 4.20. The topological polar surface area (TPSA) is 61.5 Å². The van der Waals surface area contributed by atoms with Crippen molar-refractivity contribution in [2.24, 2.45) is 11.7 Å². The van der Waals surface area contributed by atoms with Gasteiger partial charge < -0.3 is 15.2 Å². The number of hydrogen-bond donors (Lipinski definition) is 1. The van der Waals surface area contributed by atoms with E-state index in [1.807, 2.05) is 24.3 Å². The van der Waals surface area contributed by atoms with Gasteiger partial charge in [0.15, 0.2) is 0 Å².